The zero-order valence-corrected chi connectivity index (χ0v) is 16.7. The van der Waals surface area contributed by atoms with E-state index in [0.29, 0.717) is 18.7 Å². The highest BCUT2D eigenvalue weighted by Crippen LogP contribution is 2.18. The topological polar surface area (TPSA) is 74.8 Å². The molecule has 1 amide bonds. The molecule has 1 heterocycles. The van der Waals surface area contributed by atoms with Gasteiger partial charge in [-0.2, -0.15) is 4.31 Å². The highest BCUT2D eigenvalue weighted by atomic mass is 32.2. The van der Waals surface area contributed by atoms with Gasteiger partial charge < -0.3 is 4.90 Å². The van der Waals surface area contributed by atoms with Crippen molar-refractivity contribution in [3.8, 4) is 0 Å². The molecule has 0 aliphatic carbocycles. The molecule has 0 radical (unpaired) electrons. The number of sulfonamides is 1. The average Bonchev–Trinajstić information content (AvgIpc) is 2.73. The van der Waals surface area contributed by atoms with E-state index in [1.165, 1.54) is 4.31 Å². The third kappa shape index (κ3) is 4.66. The van der Waals surface area contributed by atoms with Gasteiger partial charge in [0.1, 0.15) is 0 Å². The largest absolute Gasteiger partial charge is 0.340 e. The van der Waals surface area contributed by atoms with Crippen molar-refractivity contribution < 1.29 is 18.0 Å². The number of aryl methyl sites for hydroxylation is 1. The van der Waals surface area contributed by atoms with Gasteiger partial charge in [0.2, 0.25) is 15.9 Å². The fourth-order valence-corrected chi connectivity index (χ4v) is 4.61. The van der Waals surface area contributed by atoms with Gasteiger partial charge in [-0.3, -0.25) is 9.59 Å². The number of piperazine rings is 1. The lowest BCUT2D eigenvalue weighted by atomic mass is 10.1. The molecule has 2 aromatic rings. The van der Waals surface area contributed by atoms with E-state index in [0.717, 1.165) is 5.56 Å². The molecule has 0 unspecified atom stereocenters. The molecule has 1 aliphatic heterocycles. The van der Waals surface area contributed by atoms with Gasteiger partial charge in [0.05, 0.1) is 4.90 Å². The van der Waals surface area contributed by atoms with Crippen molar-refractivity contribution in [2.24, 2.45) is 0 Å². The molecule has 2 aromatic carbocycles. The second kappa shape index (κ2) is 8.67. The van der Waals surface area contributed by atoms with Gasteiger partial charge in [-0.25, -0.2) is 8.42 Å². The molecule has 1 fully saturated rings. The number of amides is 1. The molecule has 1 aliphatic rings. The van der Waals surface area contributed by atoms with Gasteiger partial charge in [0.25, 0.3) is 0 Å². The van der Waals surface area contributed by atoms with E-state index in [2.05, 4.69) is 0 Å². The Labute approximate surface area is 165 Å². The minimum absolute atomic E-state index is 0.0606. The Bertz CT molecular complexity index is 932. The Morgan fingerprint density at radius 3 is 2.07 bits per heavy atom. The number of carbonyl (C=O) groups excluding carboxylic acids is 2. The maximum atomic E-state index is 12.7. The summed E-state index contributed by atoms with van der Waals surface area (Å²) < 4.78 is 26.9. The van der Waals surface area contributed by atoms with E-state index >= 15 is 0 Å². The van der Waals surface area contributed by atoms with Crippen LogP contribution >= 0.6 is 0 Å². The van der Waals surface area contributed by atoms with Crippen molar-refractivity contribution in [3.05, 3.63) is 65.7 Å². The van der Waals surface area contributed by atoms with Crippen LogP contribution in [0.5, 0.6) is 0 Å². The van der Waals surface area contributed by atoms with E-state index < -0.39 is 10.0 Å². The van der Waals surface area contributed by atoms with Crippen molar-refractivity contribution in [1.29, 1.82) is 0 Å². The van der Waals surface area contributed by atoms with Crippen LogP contribution in [0.25, 0.3) is 0 Å². The molecule has 7 heteroatoms. The van der Waals surface area contributed by atoms with Crippen LogP contribution in [0.1, 0.15) is 28.8 Å². The van der Waals surface area contributed by atoms with Crippen molar-refractivity contribution >= 4 is 21.7 Å². The SMILES string of the molecule is Cc1ccc(S(=O)(=O)N2CCN(C(=O)CCC(=O)c3ccccc3)CC2)cc1. The molecule has 0 spiro atoms. The van der Waals surface area contributed by atoms with Gasteiger partial charge >= 0.3 is 0 Å². The second-order valence-corrected chi connectivity index (χ2v) is 8.83. The highest BCUT2D eigenvalue weighted by molar-refractivity contribution is 7.89. The number of rotatable bonds is 6. The van der Waals surface area contributed by atoms with Crippen molar-refractivity contribution in [3.63, 3.8) is 0 Å². The Balaban J connectivity index is 1.52. The van der Waals surface area contributed by atoms with E-state index in [1.54, 1.807) is 53.4 Å². The van der Waals surface area contributed by atoms with Gasteiger partial charge in [0, 0.05) is 44.6 Å². The molecule has 0 atom stereocenters. The van der Waals surface area contributed by atoms with Gasteiger partial charge in [-0.1, -0.05) is 48.0 Å². The van der Waals surface area contributed by atoms with Gasteiger partial charge in [-0.05, 0) is 19.1 Å². The summed E-state index contributed by atoms with van der Waals surface area (Å²) >= 11 is 0. The number of hydrogen-bond acceptors (Lipinski definition) is 4. The van der Waals surface area contributed by atoms with Gasteiger partial charge in [0.15, 0.2) is 5.78 Å². The molecular weight excluding hydrogens is 376 g/mol. The number of Topliss-reactive ketones (excluding diaryl/α,β-unsaturated/α-hetero) is 1. The van der Waals surface area contributed by atoms with Crippen LogP contribution in [0.15, 0.2) is 59.5 Å². The molecule has 0 bridgehead atoms. The lowest BCUT2D eigenvalue weighted by molar-refractivity contribution is -0.132. The molecule has 6 nitrogen and oxygen atoms in total. The van der Waals surface area contributed by atoms with Crippen LogP contribution in [0.2, 0.25) is 0 Å². The summed E-state index contributed by atoms with van der Waals surface area (Å²) in [4.78, 5) is 26.4. The van der Waals surface area contributed by atoms with Crippen LogP contribution in [0.3, 0.4) is 0 Å². The number of hydrogen-bond donors (Lipinski definition) is 0. The van der Waals surface area contributed by atoms with Crippen LogP contribution in [-0.2, 0) is 14.8 Å². The normalized spacial score (nSPS) is 15.4. The Kier molecular flexibility index (Phi) is 6.26. The van der Waals surface area contributed by atoms with E-state index in [9.17, 15) is 18.0 Å². The first-order valence-corrected chi connectivity index (χ1v) is 10.7. The lowest BCUT2D eigenvalue weighted by Gasteiger charge is -2.34. The van der Waals surface area contributed by atoms with Crippen LogP contribution in [0, 0.1) is 6.92 Å². The zero-order chi connectivity index (χ0) is 20.1. The number of carbonyl (C=O) groups is 2. The molecule has 3 rings (SSSR count). The first-order valence-electron chi connectivity index (χ1n) is 9.31. The summed E-state index contributed by atoms with van der Waals surface area (Å²) in [6, 6.07) is 15.7. The third-order valence-electron chi connectivity index (χ3n) is 4.91. The lowest BCUT2D eigenvalue weighted by Crippen LogP contribution is -2.50. The number of benzene rings is 2. The smallest absolute Gasteiger partial charge is 0.243 e. The summed E-state index contributed by atoms with van der Waals surface area (Å²) in [5.74, 6) is -0.175. The predicted octanol–water partition coefficient (Wildman–Crippen LogP) is 2.49. The first-order chi connectivity index (χ1) is 13.4. The zero-order valence-electron chi connectivity index (χ0n) is 15.9. The molecule has 0 N–H and O–H groups in total. The first kappa shape index (κ1) is 20.2. The Morgan fingerprint density at radius 2 is 1.46 bits per heavy atom. The summed E-state index contributed by atoms with van der Waals surface area (Å²) in [6.45, 7) is 3.10. The number of nitrogens with zero attached hydrogens (tertiary/aromatic N) is 2. The summed E-state index contributed by atoms with van der Waals surface area (Å²) in [7, 11) is -3.55. The summed E-state index contributed by atoms with van der Waals surface area (Å²) in [6.07, 6.45) is 0.295. The fourth-order valence-electron chi connectivity index (χ4n) is 3.18. The van der Waals surface area contributed by atoms with E-state index in [1.807, 2.05) is 13.0 Å². The maximum absolute atomic E-state index is 12.7. The van der Waals surface area contributed by atoms with Crippen LogP contribution in [0.4, 0.5) is 0 Å². The van der Waals surface area contributed by atoms with Crippen molar-refractivity contribution in [2.75, 3.05) is 26.2 Å². The molecule has 0 saturated carbocycles. The fraction of sp³-hybridized carbons (Fsp3) is 0.333. The predicted molar refractivity (Wildman–Crippen MR) is 107 cm³/mol. The van der Waals surface area contributed by atoms with Crippen molar-refractivity contribution in [1.82, 2.24) is 9.21 Å². The Hall–Kier alpha value is -2.51. The minimum Gasteiger partial charge on any atom is -0.340 e. The van der Waals surface area contributed by atoms with Crippen LogP contribution in [-0.4, -0.2) is 55.5 Å². The van der Waals surface area contributed by atoms with Crippen molar-refractivity contribution in [2.45, 2.75) is 24.7 Å². The van der Waals surface area contributed by atoms with E-state index in [-0.39, 0.29) is 42.5 Å². The molecule has 148 valence electrons. The Morgan fingerprint density at radius 1 is 0.857 bits per heavy atom. The summed E-state index contributed by atoms with van der Waals surface area (Å²) in [5, 5.41) is 0. The third-order valence-corrected chi connectivity index (χ3v) is 6.82. The van der Waals surface area contributed by atoms with Gasteiger partial charge in [-0.15, -0.1) is 0 Å². The highest BCUT2D eigenvalue weighted by Gasteiger charge is 2.30. The molecule has 0 aromatic heterocycles. The average molecular weight is 401 g/mol. The molecular formula is C21H24N2O4S. The molecule has 28 heavy (non-hydrogen) atoms. The summed E-state index contributed by atoms with van der Waals surface area (Å²) in [5.41, 5.74) is 1.60. The van der Waals surface area contributed by atoms with E-state index in [4.69, 9.17) is 0 Å². The quantitative estimate of drug-likeness (QED) is 0.698. The monoisotopic (exact) mass is 400 g/mol. The maximum Gasteiger partial charge on any atom is 0.243 e. The van der Waals surface area contributed by atoms with Crippen LogP contribution < -0.4 is 0 Å². The second-order valence-electron chi connectivity index (χ2n) is 6.89. The number of ketones is 1. The molecule has 1 saturated heterocycles. The standard InChI is InChI=1S/C21H24N2O4S/c1-17-7-9-19(10-8-17)28(26,27)23-15-13-22(14-16-23)21(25)12-11-20(24)18-5-3-2-4-6-18/h2-10H,11-16H2,1H3. The minimum atomic E-state index is -3.55.